The van der Waals surface area contributed by atoms with Crippen LogP contribution in [0.3, 0.4) is 0 Å². The predicted octanol–water partition coefficient (Wildman–Crippen LogP) is 3.12. The Morgan fingerprint density at radius 2 is 1.76 bits per heavy atom. The summed E-state index contributed by atoms with van der Waals surface area (Å²) in [6, 6.07) is 21.9. The van der Waals surface area contributed by atoms with E-state index in [-0.39, 0.29) is 17.8 Å². The third-order valence-electron chi connectivity index (χ3n) is 5.25. The van der Waals surface area contributed by atoms with Crippen LogP contribution in [0.4, 0.5) is 5.69 Å². The summed E-state index contributed by atoms with van der Waals surface area (Å²) in [6.07, 6.45) is 0. The van der Waals surface area contributed by atoms with E-state index in [1.807, 2.05) is 66.2 Å². The first-order valence-corrected chi connectivity index (χ1v) is 10.2. The van der Waals surface area contributed by atoms with Crippen molar-refractivity contribution in [2.75, 3.05) is 6.54 Å². The molecule has 1 atom stereocenters. The van der Waals surface area contributed by atoms with E-state index >= 15 is 0 Å². The highest BCUT2D eigenvalue weighted by atomic mass is 16.6. The van der Waals surface area contributed by atoms with Gasteiger partial charge in [-0.05, 0) is 23.8 Å². The van der Waals surface area contributed by atoms with Gasteiger partial charge in [0, 0.05) is 24.7 Å². The number of para-hydroxylation sites is 2. The maximum absolute atomic E-state index is 12.8. The van der Waals surface area contributed by atoms with Gasteiger partial charge < -0.3 is 15.2 Å². The Hall–Kier alpha value is -4.53. The minimum Gasteiger partial charge on any atom is -0.343 e. The van der Waals surface area contributed by atoms with Gasteiger partial charge >= 0.3 is 0 Å². The molecule has 0 spiro atoms. The first-order chi connectivity index (χ1) is 15.9. The molecular formula is C24H21N5O4. The predicted molar refractivity (Wildman–Crippen MR) is 123 cm³/mol. The number of carbonyl (C=O) groups is 2. The molecule has 0 aliphatic heterocycles. The Morgan fingerprint density at radius 3 is 2.48 bits per heavy atom. The van der Waals surface area contributed by atoms with Crippen molar-refractivity contribution in [1.82, 2.24) is 20.2 Å². The van der Waals surface area contributed by atoms with Crippen LogP contribution in [-0.4, -0.2) is 32.8 Å². The lowest BCUT2D eigenvalue weighted by Gasteiger charge is -2.19. The Morgan fingerprint density at radius 1 is 1.03 bits per heavy atom. The van der Waals surface area contributed by atoms with Gasteiger partial charge in [-0.3, -0.25) is 19.7 Å². The number of benzene rings is 3. The second-order valence-electron chi connectivity index (χ2n) is 7.42. The lowest BCUT2D eigenvalue weighted by Crippen LogP contribution is -2.39. The number of imidazole rings is 1. The highest BCUT2D eigenvalue weighted by Gasteiger charge is 2.23. The van der Waals surface area contributed by atoms with Crippen molar-refractivity contribution in [3.05, 3.63) is 106 Å². The zero-order valence-corrected chi connectivity index (χ0v) is 17.8. The van der Waals surface area contributed by atoms with Crippen LogP contribution in [0.25, 0.3) is 11.0 Å². The van der Waals surface area contributed by atoms with Crippen LogP contribution in [0.2, 0.25) is 0 Å². The second-order valence-corrected chi connectivity index (χ2v) is 7.42. The lowest BCUT2D eigenvalue weighted by molar-refractivity contribution is -0.384. The van der Waals surface area contributed by atoms with E-state index in [0.717, 1.165) is 16.6 Å². The Bertz CT molecular complexity index is 1330. The molecule has 1 heterocycles. The van der Waals surface area contributed by atoms with Gasteiger partial charge in [-0.15, -0.1) is 0 Å². The van der Waals surface area contributed by atoms with Gasteiger partial charge in [-0.25, -0.2) is 4.98 Å². The number of fused-ring (bicyclic) bond motifs is 1. The van der Waals surface area contributed by atoms with Crippen molar-refractivity contribution in [2.45, 2.75) is 6.04 Å². The summed E-state index contributed by atoms with van der Waals surface area (Å²) in [4.78, 5) is 40.2. The Balaban J connectivity index is 1.52. The van der Waals surface area contributed by atoms with Crippen LogP contribution in [-0.2, 0) is 11.8 Å². The molecule has 166 valence electrons. The lowest BCUT2D eigenvalue weighted by atomic mass is 10.1. The van der Waals surface area contributed by atoms with E-state index in [2.05, 4.69) is 10.6 Å². The molecule has 3 aromatic carbocycles. The minimum atomic E-state index is -0.579. The average molecular weight is 443 g/mol. The molecule has 9 heteroatoms. The molecule has 9 nitrogen and oxygen atoms in total. The second kappa shape index (κ2) is 9.31. The van der Waals surface area contributed by atoms with Crippen molar-refractivity contribution in [3.63, 3.8) is 0 Å². The molecule has 0 bridgehead atoms. The summed E-state index contributed by atoms with van der Waals surface area (Å²) in [6.45, 7) is -0.297. The molecular weight excluding hydrogens is 422 g/mol. The average Bonchev–Trinajstić information content (AvgIpc) is 3.18. The number of non-ortho nitro benzene ring substituents is 1. The molecule has 4 aromatic rings. The summed E-state index contributed by atoms with van der Waals surface area (Å²) in [5.74, 6) is -0.344. The molecule has 2 N–H and O–H groups in total. The number of nitrogens with one attached hydrogen (secondary N) is 2. The number of aryl methyl sites for hydroxylation is 1. The summed E-state index contributed by atoms with van der Waals surface area (Å²) >= 11 is 0. The van der Waals surface area contributed by atoms with Crippen LogP contribution >= 0.6 is 0 Å². The quantitative estimate of drug-likeness (QED) is 0.336. The molecule has 2 amide bonds. The Kier molecular flexibility index (Phi) is 6.12. The number of rotatable bonds is 7. The molecule has 1 unspecified atom stereocenters. The van der Waals surface area contributed by atoms with Crippen molar-refractivity contribution >= 4 is 28.5 Å². The van der Waals surface area contributed by atoms with Crippen LogP contribution in [0.1, 0.15) is 27.8 Å². The highest BCUT2D eigenvalue weighted by Crippen LogP contribution is 2.25. The van der Waals surface area contributed by atoms with Gasteiger partial charge in [-0.1, -0.05) is 48.5 Å². The van der Waals surface area contributed by atoms with Crippen molar-refractivity contribution in [2.24, 2.45) is 7.05 Å². The summed E-state index contributed by atoms with van der Waals surface area (Å²) in [5, 5.41) is 16.4. The van der Waals surface area contributed by atoms with E-state index in [1.165, 1.54) is 24.3 Å². The van der Waals surface area contributed by atoms with Crippen LogP contribution in [0.15, 0.2) is 78.9 Å². The summed E-state index contributed by atoms with van der Waals surface area (Å²) < 4.78 is 1.93. The molecule has 0 saturated heterocycles. The van der Waals surface area contributed by atoms with Gasteiger partial charge in [-0.2, -0.15) is 0 Å². The largest absolute Gasteiger partial charge is 0.343 e. The van der Waals surface area contributed by atoms with Crippen LogP contribution < -0.4 is 10.6 Å². The van der Waals surface area contributed by atoms with Crippen molar-refractivity contribution < 1.29 is 14.5 Å². The first kappa shape index (κ1) is 21.7. The monoisotopic (exact) mass is 443 g/mol. The molecule has 0 radical (unpaired) electrons. The van der Waals surface area contributed by atoms with Crippen LogP contribution in [0, 0.1) is 10.1 Å². The van der Waals surface area contributed by atoms with Crippen LogP contribution in [0.5, 0.6) is 0 Å². The molecule has 1 aromatic heterocycles. The number of hydrogen-bond donors (Lipinski definition) is 2. The number of amides is 2. The Labute approximate surface area is 189 Å². The van der Waals surface area contributed by atoms with E-state index in [4.69, 9.17) is 4.98 Å². The van der Waals surface area contributed by atoms with E-state index in [1.54, 1.807) is 0 Å². The molecule has 0 aliphatic carbocycles. The van der Waals surface area contributed by atoms with Gasteiger partial charge in [0.25, 0.3) is 11.6 Å². The molecule has 0 aliphatic rings. The fourth-order valence-corrected chi connectivity index (χ4v) is 3.60. The fourth-order valence-electron chi connectivity index (χ4n) is 3.60. The van der Waals surface area contributed by atoms with Gasteiger partial charge in [0.1, 0.15) is 11.9 Å². The van der Waals surface area contributed by atoms with E-state index < -0.39 is 22.8 Å². The number of aromatic nitrogens is 2. The van der Waals surface area contributed by atoms with E-state index in [9.17, 15) is 19.7 Å². The molecule has 4 rings (SSSR count). The number of nitro benzene ring substituents is 1. The number of nitrogens with zero attached hydrogens (tertiary/aromatic N) is 3. The summed E-state index contributed by atoms with van der Waals surface area (Å²) in [5.41, 5.74) is 2.49. The minimum absolute atomic E-state index is 0.104. The topological polar surface area (TPSA) is 119 Å². The third-order valence-corrected chi connectivity index (χ3v) is 5.25. The summed E-state index contributed by atoms with van der Waals surface area (Å²) in [7, 11) is 1.89. The SMILES string of the molecule is Cn1c(C(NC(=O)CNC(=O)c2cccc([N+](=O)[O-])c2)c2ccccc2)nc2ccccc21. The van der Waals surface area contributed by atoms with Gasteiger partial charge in [0.15, 0.2) is 0 Å². The van der Waals surface area contributed by atoms with Gasteiger partial charge in [0.2, 0.25) is 5.91 Å². The highest BCUT2D eigenvalue weighted by molar-refractivity contribution is 5.97. The number of carbonyl (C=O) groups excluding carboxylic acids is 2. The zero-order valence-electron chi connectivity index (χ0n) is 17.8. The number of nitro groups is 1. The smallest absolute Gasteiger partial charge is 0.270 e. The maximum atomic E-state index is 12.8. The maximum Gasteiger partial charge on any atom is 0.270 e. The normalized spacial score (nSPS) is 11.7. The standard InChI is InChI=1S/C24H21N5O4/c1-28-20-13-6-5-12-19(20)26-23(28)22(16-8-3-2-4-9-16)27-21(30)15-25-24(31)17-10-7-11-18(14-17)29(32)33/h2-14,22H,15H2,1H3,(H,25,31)(H,27,30). The molecule has 33 heavy (non-hydrogen) atoms. The van der Waals surface area contributed by atoms with Crippen molar-refractivity contribution in [3.8, 4) is 0 Å². The molecule has 0 saturated carbocycles. The molecule has 0 fully saturated rings. The fraction of sp³-hybridized carbons (Fsp3) is 0.125. The van der Waals surface area contributed by atoms with E-state index in [0.29, 0.717) is 5.82 Å². The third kappa shape index (κ3) is 4.72. The zero-order chi connectivity index (χ0) is 23.4. The number of hydrogen-bond acceptors (Lipinski definition) is 5. The van der Waals surface area contributed by atoms with Gasteiger partial charge in [0.05, 0.1) is 22.5 Å². The van der Waals surface area contributed by atoms with Crippen molar-refractivity contribution in [1.29, 1.82) is 0 Å². The first-order valence-electron chi connectivity index (χ1n) is 10.2.